The number of nitrogens with zero attached hydrogens (tertiary/aromatic N) is 2. The van der Waals surface area contributed by atoms with Gasteiger partial charge in [-0.25, -0.2) is 4.79 Å². The Morgan fingerprint density at radius 2 is 2.16 bits per heavy atom. The van der Waals surface area contributed by atoms with Gasteiger partial charge < -0.3 is 15.7 Å². The summed E-state index contributed by atoms with van der Waals surface area (Å²) in [6.07, 6.45) is 5.79. The number of anilines is 1. The second kappa shape index (κ2) is 6.23. The fourth-order valence-electron chi connectivity index (χ4n) is 3.09. The number of carbonyl (C=O) groups is 2. The smallest absolute Gasteiger partial charge is 0.404 e. The highest BCUT2D eigenvalue weighted by molar-refractivity contribution is 6.04. The average molecular weight is 340 g/mol. The van der Waals surface area contributed by atoms with Crippen LogP contribution in [0.5, 0.6) is 0 Å². The van der Waals surface area contributed by atoms with Gasteiger partial charge in [-0.05, 0) is 42.9 Å². The Balaban J connectivity index is 1.39. The Kier molecular flexibility index (Phi) is 3.91. The Bertz CT molecular complexity index is 812. The lowest BCUT2D eigenvalue weighted by atomic mass is 10.1. The molecule has 2 aromatic rings. The van der Waals surface area contributed by atoms with Crippen LogP contribution in [-0.4, -0.2) is 32.9 Å². The molecule has 0 bridgehead atoms. The largest absolute Gasteiger partial charge is 0.465 e. The summed E-state index contributed by atoms with van der Waals surface area (Å²) in [6.45, 7) is 0.908. The number of hydrogen-bond donors (Lipinski definition) is 3. The Morgan fingerprint density at radius 3 is 2.92 bits per heavy atom. The number of carboxylic acid groups (broad SMARTS) is 1. The molecule has 7 nitrogen and oxygen atoms in total. The van der Waals surface area contributed by atoms with Crippen molar-refractivity contribution >= 4 is 17.7 Å². The van der Waals surface area contributed by atoms with E-state index in [1.165, 1.54) is 12.8 Å². The van der Waals surface area contributed by atoms with Crippen molar-refractivity contribution in [2.24, 2.45) is 5.92 Å². The molecular weight excluding hydrogens is 320 g/mol. The van der Waals surface area contributed by atoms with E-state index < -0.39 is 6.09 Å². The van der Waals surface area contributed by atoms with Crippen molar-refractivity contribution < 1.29 is 14.7 Å². The van der Waals surface area contributed by atoms with Crippen molar-refractivity contribution in [2.45, 2.75) is 37.8 Å². The Morgan fingerprint density at radius 1 is 1.32 bits per heavy atom. The first-order valence-corrected chi connectivity index (χ1v) is 8.52. The fourth-order valence-corrected chi connectivity index (χ4v) is 3.09. The Hall–Kier alpha value is -2.83. The third-order valence-electron chi connectivity index (χ3n) is 4.71. The molecule has 7 heteroatoms. The number of carbonyl (C=O) groups excluding carboxylic acids is 1. The maximum atomic E-state index is 12.5. The first kappa shape index (κ1) is 15.7. The standard InChI is InChI=1S/C18H20N4O3/c23-17(20-14-8-19-22(10-14)9-11-4-5-11)13-3-1-2-12(6-13)15-7-16(15)21-18(24)25/h1-3,6,8,10-11,15-16,21H,4-5,7,9H2,(H,20,23)(H,24,25). The monoisotopic (exact) mass is 340 g/mol. The van der Waals surface area contributed by atoms with Gasteiger partial charge in [0.15, 0.2) is 0 Å². The van der Waals surface area contributed by atoms with Crippen LogP contribution in [0.15, 0.2) is 36.7 Å². The van der Waals surface area contributed by atoms with Crippen molar-refractivity contribution in [1.82, 2.24) is 15.1 Å². The zero-order valence-electron chi connectivity index (χ0n) is 13.7. The highest BCUT2D eigenvalue weighted by Gasteiger charge is 2.39. The molecule has 0 aliphatic heterocycles. The predicted octanol–water partition coefficient (Wildman–Crippen LogP) is 2.67. The predicted molar refractivity (Wildman–Crippen MR) is 91.7 cm³/mol. The summed E-state index contributed by atoms with van der Waals surface area (Å²) in [5, 5.41) is 18.4. The maximum Gasteiger partial charge on any atom is 0.404 e. The minimum Gasteiger partial charge on any atom is -0.465 e. The zero-order chi connectivity index (χ0) is 17.4. The van der Waals surface area contributed by atoms with E-state index in [0.29, 0.717) is 11.3 Å². The summed E-state index contributed by atoms with van der Waals surface area (Å²) in [7, 11) is 0. The molecule has 130 valence electrons. The second-order valence-electron chi connectivity index (χ2n) is 6.87. The van der Waals surface area contributed by atoms with Crippen LogP contribution in [0.25, 0.3) is 0 Å². The molecule has 1 aromatic heterocycles. The van der Waals surface area contributed by atoms with E-state index in [9.17, 15) is 9.59 Å². The van der Waals surface area contributed by atoms with Crippen molar-refractivity contribution in [3.05, 3.63) is 47.8 Å². The van der Waals surface area contributed by atoms with Gasteiger partial charge in [0.25, 0.3) is 5.91 Å². The molecule has 2 amide bonds. The van der Waals surface area contributed by atoms with Gasteiger partial charge in [0, 0.05) is 30.3 Å². The van der Waals surface area contributed by atoms with Crippen molar-refractivity contribution in [3.8, 4) is 0 Å². The summed E-state index contributed by atoms with van der Waals surface area (Å²) in [4.78, 5) is 23.1. The molecule has 2 unspecified atom stereocenters. The van der Waals surface area contributed by atoms with Gasteiger partial charge in [0.1, 0.15) is 0 Å². The molecule has 2 aliphatic carbocycles. The highest BCUT2D eigenvalue weighted by Crippen LogP contribution is 2.41. The first-order valence-electron chi connectivity index (χ1n) is 8.52. The summed E-state index contributed by atoms with van der Waals surface area (Å²) in [6, 6.07) is 7.29. The van der Waals surface area contributed by atoms with Gasteiger partial charge in [0.2, 0.25) is 0 Å². The number of aromatic nitrogens is 2. The molecule has 2 atom stereocenters. The van der Waals surface area contributed by atoms with Crippen LogP contribution >= 0.6 is 0 Å². The summed E-state index contributed by atoms with van der Waals surface area (Å²) >= 11 is 0. The Labute approximate surface area is 145 Å². The lowest BCUT2D eigenvalue weighted by molar-refractivity contribution is 0.102. The lowest BCUT2D eigenvalue weighted by Crippen LogP contribution is -2.24. The number of amides is 2. The molecule has 0 saturated heterocycles. The normalized spacial score (nSPS) is 21.6. The van der Waals surface area contributed by atoms with Crippen LogP contribution in [-0.2, 0) is 6.54 Å². The van der Waals surface area contributed by atoms with E-state index >= 15 is 0 Å². The van der Waals surface area contributed by atoms with Crippen LogP contribution in [0.4, 0.5) is 10.5 Å². The summed E-state index contributed by atoms with van der Waals surface area (Å²) in [5.41, 5.74) is 2.23. The van der Waals surface area contributed by atoms with Crippen LogP contribution < -0.4 is 10.6 Å². The first-order chi connectivity index (χ1) is 12.1. The number of nitrogens with one attached hydrogen (secondary N) is 2. The van der Waals surface area contributed by atoms with Gasteiger partial charge in [0.05, 0.1) is 11.9 Å². The van der Waals surface area contributed by atoms with Gasteiger partial charge >= 0.3 is 6.09 Å². The molecule has 2 saturated carbocycles. The van der Waals surface area contributed by atoms with E-state index in [2.05, 4.69) is 15.7 Å². The molecule has 2 fully saturated rings. The van der Waals surface area contributed by atoms with Gasteiger partial charge in [-0.1, -0.05) is 12.1 Å². The maximum absolute atomic E-state index is 12.5. The third kappa shape index (κ3) is 3.81. The van der Waals surface area contributed by atoms with E-state index in [4.69, 9.17) is 5.11 Å². The van der Waals surface area contributed by atoms with Gasteiger partial charge in [-0.15, -0.1) is 0 Å². The van der Waals surface area contributed by atoms with Crippen molar-refractivity contribution in [2.75, 3.05) is 5.32 Å². The number of rotatable bonds is 6. The van der Waals surface area contributed by atoms with Crippen LogP contribution in [0.2, 0.25) is 0 Å². The number of benzene rings is 1. The minimum absolute atomic E-state index is 0.0588. The molecule has 0 spiro atoms. The molecule has 1 aromatic carbocycles. The van der Waals surface area contributed by atoms with Crippen LogP contribution in [0, 0.1) is 5.92 Å². The topological polar surface area (TPSA) is 96.2 Å². The third-order valence-corrected chi connectivity index (χ3v) is 4.71. The molecule has 1 heterocycles. The SMILES string of the molecule is O=C(O)NC1CC1c1cccc(C(=O)Nc2cnn(CC3CC3)c2)c1. The van der Waals surface area contributed by atoms with Crippen LogP contribution in [0.3, 0.4) is 0 Å². The second-order valence-corrected chi connectivity index (χ2v) is 6.87. The van der Waals surface area contributed by atoms with Gasteiger partial charge in [-0.2, -0.15) is 5.10 Å². The zero-order valence-corrected chi connectivity index (χ0v) is 13.7. The van der Waals surface area contributed by atoms with Gasteiger partial charge in [-0.3, -0.25) is 9.48 Å². The molecule has 0 radical (unpaired) electrons. The van der Waals surface area contributed by atoms with E-state index in [1.807, 2.05) is 29.1 Å². The molecular formula is C18H20N4O3. The quantitative estimate of drug-likeness (QED) is 0.753. The van der Waals surface area contributed by atoms with Crippen molar-refractivity contribution in [3.63, 3.8) is 0 Å². The molecule has 2 aliphatic rings. The lowest BCUT2D eigenvalue weighted by Gasteiger charge is -2.06. The minimum atomic E-state index is -1.01. The van der Waals surface area contributed by atoms with E-state index in [-0.39, 0.29) is 17.9 Å². The van der Waals surface area contributed by atoms with Crippen molar-refractivity contribution in [1.29, 1.82) is 0 Å². The summed E-state index contributed by atoms with van der Waals surface area (Å²) < 4.78 is 1.87. The number of hydrogen-bond acceptors (Lipinski definition) is 3. The van der Waals surface area contributed by atoms with Crippen LogP contribution in [0.1, 0.15) is 41.1 Å². The van der Waals surface area contributed by atoms with E-state index in [1.54, 1.807) is 12.3 Å². The highest BCUT2D eigenvalue weighted by atomic mass is 16.4. The van der Waals surface area contributed by atoms with E-state index in [0.717, 1.165) is 24.4 Å². The molecule has 25 heavy (non-hydrogen) atoms. The fraction of sp³-hybridized carbons (Fsp3) is 0.389. The molecule has 3 N–H and O–H groups in total. The average Bonchev–Trinajstić information content (AvgIpc) is 3.48. The summed E-state index contributed by atoms with van der Waals surface area (Å²) in [5.74, 6) is 0.687. The molecule has 4 rings (SSSR count).